The topological polar surface area (TPSA) is 191 Å². The second-order valence-corrected chi connectivity index (χ2v) is 16.2. The lowest BCUT2D eigenvalue weighted by Crippen LogP contribution is -2.48. The molecule has 1 saturated heterocycles. The number of amides is 2. The fourth-order valence-electron chi connectivity index (χ4n) is 7.70. The molecule has 7 aromatic rings. The van der Waals surface area contributed by atoms with E-state index in [1.165, 1.54) is 16.0 Å². The van der Waals surface area contributed by atoms with E-state index in [1.54, 1.807) is 32.6 Å². The molecule has 4 aromatic carbocycles. The summed E-state index contributed by atoms with van der Waals surface area (Å²) in [7, 11) is 5.31. The number of nitriles is 1. The second-order valence-electron chi connectivity index (χ2n) is 16.2. The van der Waals surface area contributed by atoms with Crippen molar-refractivity contribution in [2.75, 3.05) is 62.9 Å². The van der Waals surface area contributed by atoms with Crippen LogP contribution in [0.2, 0.25) is 0 Å². The first-order valence-corrected chi connectivity index (χ1v) is 20.6. The van der Waals surface area contributed by atoms with Gasteiger partial charge in [0.05, 0.1) is 46.6 Å². The van der Waals surface area contributed by atoms with Crippen LogP contribution in [0.25, 0.3) is 22.1 Å². The van der Waals surface area contributed by atoms with Crippen LogP contribution in [0.15, 0.2) is 79.1 Å². The molecule has 0 unspecified atom stereocenters. The summed E-state index contributed by atoms with van der Waals surface area (Å²) < 4.78 is 0. The van der Waals surface area contributed by atoms with Crippen LogP contribution in [0.3, 0.4) is 0 Å². The lowest BCUT2D eigenvalue weighted by molar-refractivity contribution is -0.129. The van der Waals surface area contributed by atoms with Crippen molar-refractivity contribution in [3.05, 3.63) is 124 Å². The number of hydrogen-bond acceptors (Lipinski definition) is 12. The van der Waals surface area contributed by atoms with Gasteiger partial charge < -0.3 is 35.3 Å². The molecule has 0 aliphatic carbocycles. The minimum atomic E-state index is -0.712. The Morgan fingerprint density at radius 1 is 0.823 bits per heavy atom. The Balaban J connectivity index is 1.00. The van der Waals surface area contributed by atoms with Crippen molar-refractivity contribution in [2.45, 2.75) is 46.3 Å². The molecule has 0 saturated carbocycles. The molecule has 1 atom stereocenters. The Morgan fingerprint density at radius 2 is 1.56 bits per heavy atom. The Morgan fingerprint density at radius 3 is 2.32 bits per heavy atom. The van der Waals surface area contributed by atoms with Gasteiger partial charge in [0.2, 0.25) is 23.8 Å². The number of benzene rings is 4. The van der Waals surface area contributed by atoms with Gasteiger partial charge in [0.25, 0.3) is 5.91 Å². The van der Waals surface area contributed by atoms with Crippen molar-refractivity contribution in [1.29, 1.82) is 5.26 Å². The first-order chi connectivity index (χ1) is 29.9. The van der Waals surface area contributed by atoms with Crippen LogP contribution in [0, 0.1) is 32.1 Å². The van der Waals surface area contributed by atoms with E-state index in [0.29, 0.717) is 55.6 Å². The molecule has 4 heterocycles. The Kier molecular flexibility index (Phi) is 11.8. The average molecular weight is 831 g/mol. The maximum absolute atomic E-state index is 13.6. The summed E-state index contributed by atoms with van der Waals surface area (Å²) in [5, 5.41) is 16.0. The van der Waals surface area contributed by atoms with E-state index in [-0.39, 0.29) is 17.8 Å². The zero-order chi connectivity index (χ0) is 43.5. The molecule has 3 aromatic heterocycles. The quantitative estimate of drug-likeness (QED) is 0.108. The van der Waals surface area contributed by atoms with Crippen LogP contribution in [0.5, 0.6) is 0 Å². The monoisotopic (exact) mass is 830 g/mol. The van der Waals surface area contributed by atoms with Gasteiger partial charge in [-0.25, -0.2) is 9.97 Å². The summed E-state index contributed by atoms with van der Waals surface area (Å²) in [5.41, 5.74) is 10.8. The van der Waals surface area contributed by atoms with Crippen LogP contribution in [-0.4, -0.2) is 115 Å². The van der Waals surface area contributed by atoms with E-state index < -0.39 is 6.04 Å². The molecule has 8 rings (SSSR count). The van der Waals surface area contributed by atoms with Gasteiger partial charge in [-0.3, -0.25) is 14.5 Å². The van der Waals surface area contributed by atoms with Gasteiger partial charge in [-0.1, -0.05) is 24.3 Å². The molecule has 16 nitrogen and oxygen atoms in total. The minimum absolute atomic E-state index is 0.0375. The van der Waals surface area contributed by atoms with Crippen molar-refractivity contribution in [3.8, 4) is 6.07 Å². The number of hydrogen-bond donors (Lipinski definition) is 4. The number of nitrogens with zero attached hydrogens (tertiary/aromatic N) is 10. The maximum atomic E-state index is 13.6. The molecule has 4 N–H and O–H groups in total. The number of nitrogens with one attached hydrogen (secondary N) is 4. The predicted octanol–water partition coefficient (Wildman–Crippen LogP) is 5.87. The summed E-state index contributed by atoms with van der Waals surface area (Å²) >= 11 is 0. The maximum Gasteiger partial charge on any atom is 0.254 e. The first kappa shape index (κ1) is 41.4. The van der Waals surface area contributed by atoms with Crippen molar-refractivity contribution < 1.29 is 9.59 Å². The van der Waals surface area contributed by atoms with Gasteiger partial charge in [0, 0.05) is 71.5 Å². The highest BCUT2D eigenvalue weighted by Crippen LogP contribution is 2.24. The van der Waals surface area contributed by atoms with Crippen molar-refractivity contribution in [1.82, 2.24) is 49.6 Å². The number of aryl methyl sites for hydroxylation is 3. The summed E-state index contributed by atoms with van der Waals surface area (Å²) in [6, 6.07) is 24.8. The van der Waals surface area contributed by atoms with Crippen molar-refractivity contribution in [3.63, 3.8) is 0 Å². The van der Waals surface area contributed by atoms with Gasteiger partial charge >= 0.3 is 0 Å². The number of aromatic nitrogens is 7. The summed E-state index contributed by atoms with van der Waals surface area (Å²) in [5.74, 6) is 1.52. The highest BCUT2D eigenvalue weighted by molar-refractivity contribution is 5.99. The number of carbonyl (C=O) groups is 2. The molecule has 1 fully saturated rings. The zero-order valence-electron chi connectivity index (χ0n) is 35.8. The SMILES string of the molecule is Cc1cc2nc(CN(C)c3nc(Nc4cccc(CN5CCN(C(=O)c6cc7[nH]cnc7cc6C)CC5)c4)nc(N[C@@H](Cc4ccc(C#N)cc4)C(=O)N(C)C)n3)[nH]c2cc1C. The molecule has 62 heavy (non-hydrogen) atoms. The van der Waals surface area contributed by atoms with Crippen LogP contribution in [0.4, 0.5) is 23.5 Å². The number of carbonyl (C=O) groups excluding carboxylic acids is 2. The lowest BCUT2D eigenvalue weighted by Gasteiger charge is -2.35. The number of fused-ring (bicyclic) bond motifs is 2. The molecule has 0 bridgehead atoms. The largest absolute Gasteiger partial charge is 0.347 e. The van der Waals surface area contributed by atoms with Crippen LogP contribution < -0.4 is 15.5 Å². The number of imidazole rings is 2. The fourth-order valence-corrected chi connectivity index (χ4v) is 7.70. The first-order valence-electron chi connectivity index (χ1n) is 20.6. The van der Waals surface area contributed by atoms with E-state index in [2.05, 4.69) is 74.7 Å². The number of piperazine rings is 1. The van der Waals surface area contributed by atoms with Gasteiger partial charge in [-0.2, -0.15) is 20.2 Å². The molecular formula is C46H50N14O2. The van der Waals surface area contributed by atoms with Gasteiger partial charge in [0.1, 0.15) is 11.9 Å². The minimum Gasteiger partial charge on any atom is -0.347 e. The Hall–Kier alpha value is -7.38. The van der Waals surface area contributed by atoms with E-state index in [1.807, 2.05) is 60.2 Å². The molecule has 1 aliphatic heterocycles. The van der Waals surface area contributed by atoms with Crippen molar-refractivity contribution >= 4 is 57.4 Å². The van der Waals surface area contributed by atoms with Gasteiger partial charge in [0.15, 0.2) is 0 Å². The van der Waals surface area contributed by atoms with E-state index in [9.17, 15) is 14.9 Å². The summed E-state index contributed by atoms with van der Waals surface area (Å²) in [6.45, 7) is 9.94. The standard InChI is InChI=1S/C46H50N14O2/c1-28-18-38-39(19-29(28)2)52-41(51-38)26-58(6)46-55-44(54-45(56-46)53-40(43(62)57(4)5)22-31-10-12-32(24-47)13-11-31)50-34-9-7-8-33(21-34)25-59-14-16-60(17-15-59)42(61)35-23-37-36(20-30(35)3)48-27-49-37/h7-13,18-21,23,27,40H,14-17,22,25-26H2,1-6H3,(H,48,49)(H,51,52)(H2,50,53,54,55,56)/t40-/m0/s1. The highest BCUT2D eigenvalue weighted by atomic mass is 16.2. The molecule has 0 radical (unpaired) electrons. The van der Waals surface area contributed by atoms with Gasteiger partial charge in [-0.05, 0) is 97.1 Å². The Labute approximate surface area is 360 Å². The number of H-pyrrole nitrogens is 2. The smallest absolute Gasteiger partial charge is 0.254 e. The van der Waals surface area contributed by atoms with E-state index in [4.69, 9.17) is 19.9 Å². The number of anilines is 4. The number of rotatable bonds is 13. The third-order valence-electron chi connectivity index (χ3n) is 11.3. The summed E-state index contributed by atoms with van der Waals surface area (Å²) in [4.78, 5) is 65.0. The molecular weight excluding hydrogens is 781 g/mol. The molecule has 1 aliphatic rings. The lowest BCUT2D eigenvalue weighted by atomic mass is 10.0. The van der Waals surface area contributed by atoms with E-state index in [0.717, 1.165) is 63.4 Å². The molecule has 0 spiro atoms. The second kappa shape index (κ2) is 17.7. The third kappa shape index (κ3) is 9.33. The third-order valence-corrected chi connectivity index (χ3v) is 11.3. The average Bonchev–Trinajstić information content (AvgIpc) is 3.88. The van der Waals surface area contributed by atoms with Crippen LogP contribution in [0.1, 0.15) is 49.6 Å². The molecule has 16 heteroatoms. The normalized spacial score (nSPS) is 13.5. The number of aromatic amines is 2. The fraction of sp³-hybridized carbons (Fsp3) is 0.304. The summed E-state index contributed by atoms with van der Waals surface area (Å²) in [6.07, 6.45) is 1.99. The predicted molar refractivity (Wildman–Crippen MR) is 240 cm³/mol. The van der Waals surface area contributed by atoms with Gasteiger partial charge in [-0.15, -0.1) is 0 Å². The Bertz CT molecular complexity index is 2760. The zero-order valence-corrected chi connectivity index (χ0v) is 35.8. The highest BCUT2D eigenvalue weighted by Gasteiger charge is 2.26. The number of likely N-dealkylation sites (N-methyl/N-ethyl adjacent to an activating group) is 1. The van der Waals surface area contributed by atoms with Crippen molar-refractivity contribution in [2.24, 2.45) is 0 Å². The molecule has 2 amide bonds. The van der Waals surface area contributed by atoms with E-state index >= 15 is 0 Å². The van der Waals surface area contributed by atoms with Crippen LogP contribution in [-0.2, 0) is 24.3 Å². The molecule has 316 valence electrons. The van der Waals surface area contributed by atoms with Crippen LogP contribution >= 0.6 is 0 Å².